The number of carbonyl (C=O) groups excluding carboxylic acids is 1. The smallest absolute Gasteiger partial charge is 0.143 e. The molecular formula is C8H12O2. The first-order valence-electron chi connectivity index (χ1n) is 3.57. The quantitative estimate of drug-likeness (QED) is 0.589. The van der Waals surface area contributed by atoms with E-state index in [4.69, 9.17) is 5.11 Å². The van der Waals surface area contributed by atoms with Gasteiger partial charge in [-0.05, 0) is 13.3 Å². The Kier molecular flexibility index (Phi) is 2.22. The average Bonchev–Trinajstić information content (AvgIpc) is 2.62. The molecule has 10 heavy (non-hydrogen) atoms. The van der Waals surface area contributed by atoms with Gasteiger partial charge in [-0.2, -0.15) is 0 Å². The van der Waals surface area contributed by atoms with E-state index < -0.39 is 0 Å². The fourth-order valence-corrected chi connectivity index (χ4v) is 0.970. The Morgan fingerprint density at radius 3 is 2.80 bits per heavy atom. The van der Waals surface area contributed by atoms with Crippen LogP contribution in [0.4, 0.5) is 0 Å². The summed E-state index contributed by atoms with van der Waals surface area (Å²) >= 11 is 0. The molecule has 0 saturated carbocycles. The monoisotopic (exact) mass is 140 g/mol. The largest absolute Gasteiger partial charge is 0.396 e. The summed E-state index contributed by atoms with van der Waals surface area (Å²) in [5.74, 6) is 0.387. The van der Waals surface area contributed by atoms with E-state index in [9.17, 15) is 4.79 Å². The van der Waals surface area contributed by atoms with E-state index >= 15 is 0 Å². The van der Waals surface area contributed by atoms with E-state index in [-0.39, 0.29) is 18.3 Å². The lowest BCUT2D eigenvalue weighted by atomic mass is 10.1. The number of ketones is 1. The standard InChI is InChI=1S/C8H12O2/c1-6-5-7(6)8(10)3-2-4-9/h5,7,9H,2-4H2,1H3. The van der Waals surface area contributed by atoms with Crippen molar-refractivity contribution in [1.29, 1.82) is 0 Å². The minimum Gasteiger partial charge on any atom is -0.396 e. The topological polar surface area (TPSA) is 37.3 Å². The van der Waals surface area contributed by atoms with Crippen molar-refractivity contribution in [2.24, 2.45) is 5.92 Å². The molecule has 1 N–H and O–H groups in total. The molecule has 1 aliphatic rings. The Balaban J connectivity index is 2.12. The van der Waals surface area contributed by atoms with Gasteiger partial charge in [0.25, 0.3) is 0 Å². The van der Waals surface area contributed by atoms with Crippen molar-refractivity contribution in [2.45, 2.75) is 19.8 Å². The summed E-state index contributed by atoms with van der Waals surface area (Å²) in [7, 11) is 0. The van der Waals surface area contributed by atoms with E-state index in [1.54, 1.807) is 0 Å². The summed E-state index contributed by atoms with van der Waals surface area (Å²) in [6.07, 6.45) is 3.09. The molecule has 1 atom stereocenters. The van der Waals surface area contributed by atoms with Crippen LogP contribution in [0.15, 0.2) is 11.6 Å². The van der Waals surface area contributed by atoms with Crippen LogP contribution in [-0.4, -0.2) is 17.5 Å². The lowest BCUT2D eigenvalue weighted by molar-refractivity contribution is -0.120. The van der Waals surface area contributed by atoms with E-state index in [2.05, 4.69) is 0 Å². The summed E-state index contributed by atoms with van der Waals surface area (Å²) in [6, 6.07) is 0. The van der Waals surface area contributed by atoms with Gasteiger partial charge in [-0.25, -0.2) is 0 Å². The first-order chi connectivity index (χ1) is 4.75. The van der Waals surface area contributed by atoms with Crippen molar-refractivity contribution in [2.75, 3.05) is 6.61 Å². The van der Waals surface area contributed by atoms with Crippen LogP contribution in [-0.2, 0) is 4.79 Å². The number of rotatable bonds is 4. The van der Waals surface area contributed by atoms with Crippen LogP contribution in [0.5, 0.6) is 0 Å². The zero-order valence-electron chi connectivity index (χ0n) is 6.13. The molecule has 0 bridgehead atoms. The normalized spacial score (nSPS) is 22.2. The van der Waals surface area contributed by atoms with Crippen LogP contribution >= 0.6 is 0 Å². The maximum atomic E-state index is 11.0. The molecule has 0 aromatic heterocycles. The van der Waals surface area contributed by atoms with Crippen molar-refractivity contribution >= 4 is 5.78 Å². The molecule has 2 nitrogen and oxygen atoms in total. The Labute approximate surface area is 60.6 Å². The minimum atomic E-state index is 0.123. The lowest BCUT2D eigenvalue weighted by Gasteiger charge is -1.95. The van der Waals surface area contributed by atoms with E-state index in [0.29, 0.717) is 12.8 Å². The number of carbonyl (C=O) groups is 1. The second-order valence-corrected chi connectivity index (χ2v) is 2.68. The highest BCUT2D eigenvalue weighted by atomic mass is 16.3. The van der Waals surface area contributed by atoms with Gasteiger partial charge in [0.15, 0.2) is 0 Å². The molecule has 0 saturated heterocycles. The van der Waals surface area contributed by atoms with Gasteiger partial charge in [0, 0.05) is 13.0 Å². The highest BCUT2D eigenvalue weighted by Gasteiger charge is 2.26. The van der Waals surface area contributed by atoms with Gasteiger partial charge in [-0.15, -0.1) is 0 Å². The Morgan fingerprint density at radius 1 is 1.80 bits per heavy atom. The molecule has 1 unspecified atom stereocenters. The fraction of sp³-hybridized carbons (Fsp3) is 0.625. The van der Waals surface area contributed by atoms with Gasteiger partial charge in [0.2, 0.25) is 0 Å². The maximum absolute atomic E-state index is 11.0. The summed E-state index contributed by atoms with van der Waals surface area (Å²) in [4.78, 5) is 11.0. The maximum Gasteiger partial charge on any atom is 0.143 e. The van der Waals surface area contributed by atoms with Crippen molar-refractivity contribution in [3.8, 4) is 0 Å². The third-order valence-electron chi connectivity index (χ3n) is 1.74. The predicted molar refractivity (Wildman–Crippen MR) is 38.6 cm³/mol. The van der Waals surface area contributed by atoms with Crippen LogP contribution in [0.2, 0.25) is 0 Å². The molecule has 0 radical (unpaired) electrons. The molecule has 0 aromatic carbocycles. The highest BCUT2D eigenvalue weighted by molar-refractivity contribution is 5.89. The van der Waals surface area contributed by atoms with Gasteiger partial charge in [0.05, 0.1) is 5.92 Å². The second kappa shape index (κ2) is 2.97. The van der Waals surface area contributed by atoms with Crippen molar-refractivity contribution in [3.63, 3.8) is 0 Å². The summed E-state index contributed by atoms with van der Waals surface area (Å²) < 4.78 is 0. The molecule has 1 rings (SSSR count). The predicted octanol–water partition coefficient (Wildman–Crippen LogP) is 0.904. The fourth-order valence-electron chi connectivity index (χ4n) is 0.970. The molecule has 1 aliphatic carbocycles. The van der Waals surface area contributed by atoms with Gasteiger partial charge in [0.1, 0.15) is 5.78 Å². The number of Topliss-reactive ketones (excluding diaryl/α,β-unsaturated/α-hetero) is 1. The van der Waals surface area contributed by atoms with Crippen molar-refractivity contribution in [1.82, 2.24) is 0 Å². The number of hydrogen-bond donors (Lipinski definition) is 1. The Bertz CT molecular complexity index is 170. The van der Waals surface area contributed by atoms with Crippen LogP contribution in [0.3, 0.4) is 0 Å². The molecule has 0 aromatic rings. The zero-order valence-corrected chi connectivity index (χ0v) is 6.13. The highest BCUT2D eigenvalue weighted by Crippen LogP contribution is 2.29. The number of aliphatic hydroxyl groups excluding tert-OH is 1. The van der Waals surface area contributed by atoms with Crippen LogP contribution < -0.4 is 0 Å². The summed E-state index contributed by atoms with van der Waals surface area (Å²) in [5.41, 5.74) is 1.18. The van der Waals surface area contributed by atoms with Crippen LogP contribution in [0, 0.1) is 5.92 Å². The molecule has 0 spiro atoms. The van der Waals surface area contributed by atoms with E-state index in [1.165, 1.54) is 5.57 Å². The third-order valence-corrected chi connectivity index (χ3v) is 1.74. The van der Waals surface area contributed by atoms with Crippen LogP contribution in [0.25, 0.3) is 0 Å². The number of hydrogen-bond acceptors (Lipinski definition) is 2. The lowest BCUT2D eigenvalue weighted by Crippen LogP contribution is -2.03. The van der Waals surface area contributed by atoms with E-state index in [1.807, 2.05) is 13.0 Å². The van der Waals surface area contributed by atoms with E-state index in [0.717, 1.165) is 0 Å². The minimum absolute atomic E-state index is 0.123. The van der Waals surface area contributed by atoms with Gasteiger partial charge in [-0.3, -0.25) is 4.79 Å². The molecular weight excluding hydrogens is 128 g/mol. The first kappa shape index (κ1) is 7.48. The van der Waals surface area contributed by atoms with Crippen molar-refractivity contribution in [3.05, 3.63) is 11.6 Å². The summed E-state index contributed by atoms with van der Waals surface area (Å²) in [6.45, 7) is 2.08. The third kappa shape index (κ3) is 1.67. The molecule has 0 heterocycles. The number of allylic oxidation sites excluding steroid dienone is 2. The molecule has 0 aliphatic heterocycles. The van der Waals surface area contributed by atoms with Gasteiger partial charge in [-0.1, -0.05) is 11.6 Å². The first-order valence-corrected chi connectivity index (χ1v) is 3.57. The Morgan fingerprint density at radius 2 is 2.40 bits per heavy atom. The average molecular weight is 140 g/mol. The summed E-state index contributed by atoms with van der Waals surface area (Å²) in [5, 5.41) is 8.41. The van der Waals surface area contributed by atoms with Crippen molar-refractivity contribution < 1.29 is 9.90 Å². The van der Waals surface area contributed by atoms with Crippen LogP contribution in [0.1, 0.15) is 19.8 Å². The Hall–Kier alpha value is -0.630. The number of aliphatic hydroxyl groups is 1. The molecule has 0 amide bonds. The zero-order chi connectivity index (χ0) is 7.56. The second-order valence-electron chi connectivity index (χ2n) is 2.68. The molecule has 0 fully saturated rings. The van der Waals surface area contributed by atoms with Gasteiger partial charge >= 0.3 is 0 Å². The molecule has 56 valence electrons. The molecule has 2 heteroatoms. The van der Waals surface area contributed by atoms with Gasteiger partial charge < -0.3 is 5.11 Å². The SMILES string of the molecule is CC1=CC1C(=O)CCCO.